The monoisotopic (exact) mass is 432 g/mol. The van der Waals surface area contributed by atoms with Gasteiger partial charge in [0.15, 0.2) is 0 Å². The molecule has 8 heteroatoms. The molecular formula is C24H28N6O2. The van der Waals surface area contributed by atoms with Gasteiger partial charge in [0.25, 0.3) is 5.95 Å². The first-order valence-corrected chi connectivity index (χ1v) is 10.8. The van der Waals surface area contributed by atoms with Crippen molar-refractivity contribution in [3.63, 3.8) is 0 Å². The van der Waals surface area contributed by atoms with Crippen LogP contribution >= 0.6 is 0 Å². The molecule has 2 amide bonds. The highest BCUT2D eigenvalue weighted by Crippen LogP contribution is 2.28. The van der Waals surface area contributed by atoms with Gasteiger partial charge in [-0.15, -0.1) is 0 Å². The van der Waals surface area contributed by atoms with Gasteiger partial charge in [-0.25, -0.2) is 9.97 Å². The summed E-state index contributed by atoms with van der Waals surface area (Å²) in [4.78, 5) is 36.4. The van der Waals surface area contributed by atoms with Crippen molar-refractivity contribution in [3.05, 3.63) is 59.0 Å². The van der Waals surface area contributed by atoms with Gasteiger partial charge in [0.2, 0.25) is 11.8 Å². The first kappa shape index (κ1) is 21.7. The molecule has 4 rings (SSSR count). The zero-order valence-electron chi connectivity index (χ0n) is 19.1. The normalized spacial score (nSPS) is 16.1. The van der Waals surface area contributed by atoms with Crippen LogP contribution in [0.2, 0.25) is 0 Å². The Kier molecular flexibility index (Phi) is 5.78. The summed E-state index contributed by atoms with van der Waals surface area (Å²) in [5.74, 6) is 0.544. The maximum atomic E-state index is 13.1. The Labute approximate surface area is 187 Å². The van der Waals surface area contributed by atoms with Gasteiger partial charge in [0, 0.05) is 36.1 Å². The first-order chi connectivity index (χ1) is 15.2. The van der Waals surface area contributed by atoms with Crippen molar-refractivity contribution in [1.29, 1.82) is 0 Å². The molecule has 3 heterocycles. The molecule has 8 nitrogen and oxygen atoms in total. The third-order valence-corrected chi connectivity index (χ3v) is 5.59. The number of benzene rings is 1. The molecule has 32 heavy (non-hydrogen) atoms. The molecule has 1 fully saturated rings. The second kappa shape index (κ2) is 8.53. The molecule has 0 bridgehead atoms. The van der Waals surface area contributed by atoms with Crippen LogP contribution in [0.3, 0.4) is 0 Å². The fourth-order valence-electron chi connectivity index (χ4n) is 3.96. The van der Waals surface area contributed by atoms with Crippen LogP contribution in [0.5, 0.6) is 0 Å². The van der Waals surface area contributed by atoms with Crippen LogP contribution in [-0.4, -0.2) is 38.1 Å². The van der Waals surface area contributed by atoms with Crippen LogP contribution in [-0.2, 0) is 9.59 Å². The Hall–Kier alpha value is -3.55. The summed E-state index contributed by atoms with van der Waals surface area (Å²) in [6.07, 6.45) is 0.172. The summed E-state index contributed by atoms with van der Waals surface area (Å²) in [7, 11) is 0. The van der Waals surface area contributed by atoms with E-state index in [2.05, 4.69) is 40.3 Å². The summed E-state index contributed by atoms with van der Waals surface area (Å²) in [5, 5.41) is 7.38. The lowest BCUT2D eigenvalue weighted by Gasteiger charge is -2.18. The van der Waals surface area contributed by atoms with Crippen molar-refractivity contribution < 1.29 is 9.59 Å². The fourth-order valence-corrected chi connectivity index (χ4v) is 3.96. The lowest BCUT2D eigenvalue weighted by Crippen LogP contribution is -2.28. The van der Waals surface area contributed by atoms with E-state index in [1.165, 1.54) is 4.68 Å². The number of carbonyl (C=O) groups excluding carboxylic acids is 2. The number of rotatable bonds is 5. The molecule has 3 aromatic rings. The van der Waals surface area contributed by atoms with Crippen LogP contribution < -0.4 is 10.2 Å². The van der Waals surface area contributed by atoms with E-state index in [-0.39, 0.29) is 18.2 Å². The van der Waals surface area contributed by atoms with Gasteiger partial charge in [-0.1, -0.05) is 26.0 Å². The molecule has 0 aliphatic carbocycles. The third kappa shape index (κ3) is 4.39. The number of hydrogen-bond acceptors (Lipinski definition) is 5. The van der Waals surface area contributed by atoms with Crippen molar-refractivity contribution >= 4 is 23.3 Å². The van der Waals surface area contributed by atoms with Crippen LogP contribution in [0, 0.1) is 26.7 Å². The molecule has 1 saturated heterocycles. The number of carbonyl (C=O) groups is 2. The second-order valence-electron chi connectivity index (χ2n) is 8.68. The second-order valence-corrected chi connectivity index (χ2v) is 8.68. The molecule has 1 N–H and O–H groups in total. The van der Waals surface area contributed by atoms with Gasteiger partial charge in [0.05, 0.1) is 11.6 Å². The summed E-state index contributed by atoms with van der Waals surface area (Å²) >= 11 is 0. The Morgan fingerprint density at radius 3 is 2.47 bits per heavy atom. The third-order valence-electron chi connectivity index (χ3n) is 5.59. The molecule has 1 aromatic carbocycles. The van der Waals surface area contributed by atoms with E-state index >= 15 is 0 Å². The van der Waals surface area contributed by atoms with E-state index < -0.39 is 5.92 Å². The number of anilines is 2. The van der Waals surface area contributed by atoms with Gasteiger partial charge in [-0.3, -0.25) is 9.59 Å². The van der Waals surface area contributed by atoms with Gasteiger partial charge < -0.3 is 10.2 Å². The predicted octanol–water partition coefficient (Wildman–Crippen LogP) is 3.70. The van der Waals surface area contributed by atoms with Gasteiger partial charge in [0.1, 0.15) is 5.82 Å². The minimum Gasteiger partial charge on any atom is -0.312 e. The highest BCUT2D eigenvalue weighted by molar-refractivity contribution is 6.03. The molecule has 1 unspecified atom stereocenters. The first-order valence-electron chi connectivity index (χ1n) is 10.8. The standard InChI is InChI=1S/C24H28N6O2/c1-14(2)18-7-6-8-20(11-18)29-13-19(12-22(29)31)23(32)27-21-10-17(5)28-30(21)24-25-15(3)9-16(4)26-24/h6-11,14,19H,12-13H2,1-5H3,(H,27,32). The number of hydrogen-bond donors (Lipinski definition) is 1. The molecule has 166 valence electrons. The van der Waals surface area contributed by atoms with Crippen molar-refractivity contribution in [2.75, 3.05) is 16.8 Å². The number of nitrogens with zero attached hydrogens (tertiary/aromatic N) is 5. The summed E-state index contributed by atoms with van der Waals surface area (Å²) in [6, 6.07) is 11.6. The number of aryl methyl sites for hydroxylation is 3. The average molecular weight is 433 g/mol. The molecule has 1 aliphatic heterocycles. The smallest absolute Gasteiger partial charge is 0.252 e. The van der Waals surface area contributed by atoms with E-state index in [1.807, 2.05) is 45.0 Å². The van der Waals surface area contributed by atoms with Gasteiger partial charge >= 0.3 is 0 Å². The zero-order chi connectivity index (χ0) is 23.0. The topological polar surface area (TPSA) is 93.0 Å². The van der Waals surface area contributed by atoms with E-state index in [9.17, 15) is 9.59 Å². The SMILES string of the molecule is Cc1cc(C)nc(-n2nc(C)cc2NC(=O)C2CC(=O)N(c3cccc(C(C)C)c3)C2)n1. The average Bonchev–Trinajstić information content (AvgIpc) is 3.29. The molecule has 0 spiro atoms. The highest BCUT2D eigenvalue weighted by Gasteiger charge is 2.35. The zero-order valence-corrected chi connectivity index (χ0v) is 19.1. The van der Waals surface area contributed by atoms with Crippen molar-refractivity contribution in [1.82, 2.24) is 19.7 Å². The highest BCUT2D eigenvalue weighted by atomic mass is 16.2. The Balaban J connectivity index is 1.53. The fraction of sp³-hybridized carbons (Fsp3) is 0.375. The number of nitrogens with one attached hydrogen (secondary N) is 1. The maximum Gasteiger partial charge on any atom is 0.252 e. The van der Waals surface area contributed by atoms with Crippen molar-refractivity contribution in [2.24, 2.45) is 5.92 Å². The molecular weight excluding hydrogens is 404 g/mol. The minimum atomic E-state index is -0.450. The summed E-state index contributed by atoms with van der Waals surface area (Å²) in [5.41, 5.74) is 4.37. The lowest BCUT2D eigenvalue weighted by atomic mass is 10.0. The Bertz CT molecular complexity index is 1160. The van der Waals surface area contributed by atoms with Crippen molar-refractivity contribution in [3.8, 4) is 5.95 Å². The number of aromatic nitrogens is 4. The molecule has 1 aliphatic rings. The van der Waals surface area contributed by atoms with E-state index in [4.69, 9.17) is 0 Å². The van der Waals surface area contributed by atoms with Crippen LogP contribution in [0.15, 0.2) is 36.4 Å². The number of amides is 2. The Morgan fingerprint density at radius 1 is 1.06 bits per heavy atom. The predicted molar refractivity (Wildman–Crippen MR) is 123 cm³/mol. The van der Waals surface area contributed by atoms with Crippen LogP contribution in [0.25, 0.3) is 5.95 Å². The summed E-state index contributed by atoms with van der Waals surface area (Å²) in [6.45, 7) is 10.2. The molecule has 0 saturated carbocycles. The van der Waals surface area contributed by atoms with Crippen molar-refractivity contribution in [2.45, 2.75) is 47.0 Å². The van der Waals surface area contributed by atoms with Crippen LogP contribution in [0.1, 0.15) is 48.8 Å². The Morgan fingerprint density at radius 2 is 1.78 bits per heavy atom. The molecule has 0 radical (unpaired) electrons. The van der Waals surface area contributed by atoms with Crippen LogP contribution in [0.4, 0.5) is 11.5 Å². The lowest BCUT2D eigenvalue weighted by molar-refractivity contribution is -0.122. The summed E-state index contributed by atoms with van der Waals surface area (Å²) < 4.78 is 1.54. The quantitative estimate of drug-likeness (QED) is 0.664. The van der Waals surface area contributed by atoms with E-state index in [0.29, 0.717) is 24.2 Å². The van der Waals surface area contributed by atoms with E-state index in [0.717, 1.165) is 28.3 Å². The largest absolute Gasteiger partial charge is 0.312 e. The maximum absolute atomic E-state index is 13.1. The van der Waals surface area contributed by atoms with E-state index in [1.54, 1.807) is 11.0 Å². The van der Waals surface area contributed by atoms with Gasteiger partial charge in [-0.05, 0) is 50.5 Å². The molecule has 1 atom stereocenters. The molecule has 2 aromatic heterocycles. The van der Waals surface area contributed by atoms with Gasteiger partial charge in [-0.2, -0.15) is 9.78 Å². The minimum absolute atomic E-state index is 0.0478.